The Morgan fingerprint density at radius 2 is 0.712 bits per heavy atom. The molecule has 0 atom stereocenters. The molecule has 2 heteroatoms. The van der Waals surface area contributed by atoms with Gasteiger partial charge in [0.2, 0.25) is 0 Å². The Labute approximate surface area is 427 Å². The number of nitrogens with zero attached hydrogens (tertiary/aromatic N) is 2. The number of benzene rings is 11. The Hall–Kier alpha value is -8.98. The molecule has 0 N–H and O–H groups in total. The highest BCUT2D eigenvalue weighted by Crippen LogP contribution is 2.67. The number of hydrogen-bond acceptors (Lipinski definition) is 2. The molecule has 0 unspecified atom stereocenters. The maximum absolute atomic E-state index is 2.63. The van der Waals surface area contributed by atoms with Gasteiger partial charge in [0, 0.05) is 27.9 Å². The molecule has 1 spiro atoms. The van der Waals surface area contributed by atoms with E-state index in [9.17, 15) is 0 Å². The summed E-state index contributed by atoms with van der Waals surface area (Å²) < 4.78 is 0. The minimum absolute atomic E-state index is 0.204. The molecule has 0 fully saturated rings. The van der Waals surface area contributed by atoms with Crippen LogP contribution >= 0.6 is 0 Å². The zero-order valence-electron chi connectivity index (χ0n) is 40.8. The summed E-state index contributed by atoms with van der Waals surface area (Å²) in [5, 5.41) is 0. The van der Waals surface area contributed by atoms with Crippen molar-refractivity contribution >= 4 is 34.1 Å². The number of hydrogen-bond donors (Lipinski definition) is 0. The molecule has 3 aliphatic carbocycles. The van der Waals surface area contributed by atoms with Gasteiger partial charge in [-0.3, -0.25) is 0 Å². The highest BCUT2D eigenvalue weighted by Gasteiger charge is 2.53. The van der Waals surface area contributed by atoms with Crippen molar-refractivity contribution < 1.29 is 0 Å². The van der Waals surface area contributed by atoms with Crippen LogP contribution in [-0.4, -0.2) is 0 Å². The minimum atomic E-state index is -0.616. The zero-order valence-corrected chi connectivity index (χ0v) is 40.8. The first kappa shape index (κ1) is 41.8. The van der Waals surface area contributed by atoms with Gasteiger partial charge in [-0.1, -0.05) is 232 Å². The second kappa shape index (κ2) is 15.5. The average molecular weight is 931 g/mol. The van der Waals surface area contributed by atoms with Crippen molar-refractivity contribution in [1.29, 1.82) is 0 Å². The van der Waals surface area contributed by atoms with E-state index >= 15 is 0 Å². The molecular formula is C71H50N2. The van der Waals surface area contributed by atoms with Gasteiger partial charge in [-0.05, 0) is 126 Å². The summed E-state index contributed by atoms with van der Waals surface area (Å²) in [5.74, 6) is 0. The van der Waals surface area contributed by atoms with Gasteiger partial charge in [-0.15, -0.1) is 0 Å². The molecule has 73 heavy (non-hydrogen) atoms. The van der Waals surface area contributed by atoms with Crippen LogP contribution in [0.5, 0.6) is 0 Å². The summed E-state index contributed by atoms with van der Waals surface area (Å²) in [4.78, 5) is 5.10. The molecule has 11 aromatic rings. The van der Waals surface area contributed by atoms with Crippen molar-refractivity contribution in [2.45, 2.75) is 30.1 Å². The Morgan fingerprint density at radius 1 is 0.301 bits per heavy atom. The molecule has 0 radical (unpaired) electrons. The Bertz CT molecular complexity index is 3930. The van der Waals surface area contributed by atoms with E-state index in [1.54, 1.807) is 0 Å². The van der Waals surface area contributed by atoms with Crippen LogP contribution in [0.3, 0.4) is 0 Å². The molecule has 0 saturated heterocycles. The van der Waals surface area contributed by atoms with Crippen molar-refractivity contribution in [3.63, 3.8) is 0 Å². The van der Waals surface area contributed by atoms with E-state index < -0.39 is 10.8 Å². The third-order valence-electron chi connectivity index (χ3n) is 16.9. The van der Waals surface area contributed by atoms with Gasteiger partial charge in [0.25, 0.3) is 0 Å². The van der Waals surface area contributed by atoms with Crippen molar-refractivity contribution in [3.05, 3.63) is 323 Å². The van der Waals surface area contributed by atoms with Gasteiger partial charge in [0.1, 0.15) is 0 Å². The largest absolute Gasteiger partial charge is 0.310 e. The third kappa shape index (κ3) is 5.48. The molecule has 2 nitrogen and oxygen atoms in total. The van der Waals surface area contributed by atoms with Gasteiger partial charge in [0.05, 0.1) is 33.6 Å². The number of rotatable bonds is 6. The molecule has 15 rings (SSSR count). The smallest absolute Gasteiger partial charge is 0.0755 e. The minimum Gasteiger partial charge on any atom is -0.310 e. The lowest BCUT2D eigenvalue weighted by molar-refractivity contribution is 0.660. The average Bonchev–Trinajstić information content (AvgIpc) is 4.03. The van der Waals surface area contributed by atoms with Crippen LogP contribution < -0.4 is 9.80 Å². The molecule has 11 aromatic carbocycles. The highest BCUT2D eigenvalue weighted by atomic mass is 15.2. The Kier molecular flexibility index (Phi) is 8.87. The van der Waals surface area contributed by atoms with Gasteiger partial charge >= 0.3 is 0 Å². The van der Waals surface area contributed by atoms with Crippen LogP contribution in [0.1, 0.15) is 69.5 Å². The van der Waals surface area contributed by atoms with Gasteiger partial charge < -0.3 is 9.80 Å². The van der Waals surface area contributed by atoms with E-state index in [2.05, 4.69) is 291 Å². The fourth-order valence-electron chi connectivity index (χ4n) is 14.1. The van der Waals surface area contributed by atoms with E-state index in [-0.39, 0.29) is 5.41 Å². The molecule has 344 valence electrons. The highest BCUT2D eigenvalue weighted by molar-refractivity contribution is 6.04. The molecular weight excluding hydrogens is 881 g/mol. The van der Waals surface area contributed by atoms with Crippen molar-refractivity contribution in [3.8, 4) is 33.4 Å². The SMILES string of the molecule is CC1(C)c2ccccc2-c2ccc(N(c3cccc4c3-c3ccccc3C4(c3ccccc3)c3ccccc3)c3cccc4c3-c3ccccc3C43c4ccccc4N(c4ccccc4)c4ccccc43)cc21. The Morgan fingerprint density at radius 3 is 1.27 bits per heavy atom. The van der Waals surface area contributed by atoms with Crippen molar-refractivity contribution in [2.24, 2.45) is 0 Å². The third-order valence-corrected chi connectivity index (χ3v) is 16.9. The summed E-state index contributed by atoms with van der Waals surface area (Å²) in [6.45, 7) is 4.79. The first-order valence-electron chi connectivity index (χ1n) is 25.7. The molecule has 0 amide bonds. The first-order chi connectivity index (χ1) is 36.0. The van der Waals surface area contributed by atoms with Gasteiger partial charge in [0.15, 0.2) is 0 Å². The maximum atomic E-state index is 2.63. The quantitative estimate of drug-likeness (QED) is 0.164. The van der Waals surface area contributed by atoms with Crippen molar-refractivity contribution in [1.82, 2.24) is 0 Å². The standard InChI is InChI=1S/C71H50N2/c1-69(2)55-33-15-12-30-51(55)52-45-44-50(46-62(52)69)73(65-42-22-38-60-67(65)53-31-13-16-34-56(53)70(60,47-24-6-3-7-25-47)48-26-8-4-9-27-48)66-43-23-39-61-68(66)54-32-14-17-35-57(54)71(61)58-36-18-20-40-63(58)72(49-28-10-5-11-29-49)64-41-21-19-37-59(64)71/h3-46H,1-2H3. The van der Waals surface area contributed by atoms with Crippen LogP contribution in [0.25, 0.3) is 33.4 Å². The molecule has 4 aliphatic rings. The summed E-state index contributed by atoms with van der Waals surface area (Å²) in [6, 6.07) is 100. The van der Waals surface area contributed by atoms with E-state index in [1.807, 2.05) is 0 Å². The molecule has 0 bridgehead atoms. The van der Waals surface area contributed by atoms with Crippen molar-refractivity contribution in [2.75, 3.05) is 9.80 Å². The predicted molar refractivity (Wildman–Crippen MR) is 302 cm³/mol. The molecule has 0 aromatic heterocycles. The summed E-state index contributed by atoms with van der Waals surface area (Å²) in [5.41, 5.74) is 26.1. The summed E-state index contributed by atoms with van der Waals surface area (Å²) in [7, 11) is 0. The topological polar surface area (TPSA) is 6.48 Å². The second-order valence-corrected chi connectivity index (χ2v) is 20.7. The van der Waals surface area contributed by atoms with E-state index in [0.29, 0.717) is 0 Å². The van der Waals surface area contributed by atoms with Crippen LogP contribution in [0.2, 0.25) is 0 Å². The lowest BCUT2D eigenvalue weighted by atomic mass is 9.64. The first-order valence-corrected chi connectivity index (χ1v) is 25.7. The lowest BCUT2D eigenvalue weighted by Crippen LogP contribution is -2.36. The monoisotopic (exact) mass is 930 g/mol. The zero-order chi connectivity index (χ0) is 48.5. The van der Waals surface area contributed by atoms with E-state index in [4.69, 9.17) is 0 Å². The number of para-hydroxylation sites is 3. The normalized spacial score (nSPS) is 15.0. The van der Waals surface area contributed by atoms with Crippen LogP contribution in [-0.2, 0) is 16.2 Å². The fraction of sp³-hybridized carbons (Fsp3) is 0.0704. The predicted octanol–water partition coefficient (Wildman–Crippen LogP) is 18.0. The summed E-state index contributed by atoms with van der Waals surface area (Å²) in [6.07, 6.45) is 0. The van der Waals surface area contributed by atoms with Crippen LogP contribution in [0.15, 0.2) is 267 Å². The lowest BCUT2D eigenvalue weighted by Gasteiger charge is -2.45. The van der Waals surface area contributed by atoms with Gasteiger partial charge in [-0.25, -0.2) is 0 Å². The molecule has 0 saturated carbocycles. The number of anilines is 6. The van der Waals surface area contributed by atoms with Crippen LogP contribution in [0.4, 0.5) is 34.1 Å². The second-order valence-electron chi connectivity index (χ2n) is 20.7. The Balaban J connectivity index is 1.06. The fourth-order valence-corrected chi connectivity index (χ4v) is 14.1. The maximum Gasteiger partial charge on any atom is 0.0755 e. The molecule has 1 aliphatic heterocycles. The van der Waals surface area contributed by atoms with Gasteiger partial charge in [-0.2, -0.15) is 0 Å². The summed E-state index contributed by atoms with van der Waals surface area (Å²) >= 11 is 0. The molecule has 1 heterocycles. The van der Waals surface area contributed by atoms with E-state index in [0.717, 1.165) is 22.7 Å². The number of fused-ring (bicyclic) bond motifs is 15. The van der Waals surface area contributed by atoms with E-state index in [1.165, 1.54) is 100 Å². The van der Waals surface area contributed by atoms with Crippen LogP contribution in [0, 0.1) is 0 Å².